The van der Waals surface area contributed by atoms with Crippen molar-refractivity contribution in [1.29, 1.82) is 0 Å². The van der Waals surface area contributed by atoms with Gasteiger partial charge in [-0.25, -0.2) is 9.59 Å². The van der Waals surface area contributed by atoms with Gasteiger partial charge in [-0.05, 0) is 24.3 Å². The van der Waals surface area contributed by atoms with Gasteiger partial charge in [-0.15, -0.1) is 0 Å². The highest BCUT2D eigenvalue weighted by Gasteiger charge is 2.05. The average Bonchev–Trinajstić information content (AvgIpc) is 2.16. The third-order valence-corrected chi connectivity index (χ3v) is 1.68. The van der Waals surface area contributed by atoms with E-state index in [0.717, 1.165) is 12.2 Å². The monoisotopic (exact) mass is 208 g/mol. The van der Waals surface area contributed by atoms with Gasteiger partial charge in [-0.3, -0.25) is 0 Å². The fourth-order valence-corrected chi connectivity index (χ4v) is 0.982. The molecule has 3 N–H and O–H groups in total. The van der Waals surface area contributed by atoms with Gasteiger partial charge in [0.1, 0.15) is 5.75 Å². The quantitative estimate of drug-likeness (QED) is 0.648. The molecule has 0 amide bonds. The van der Waals surface area contributed by atoms with Gasteiger partial charge < -0.3 is 15.3 Å². The van der Waals surface area contributed by atoms with Crippen molar-refractivity contribution in [2.75, 3.05) is 0 Å². The van der Waals surface area contributed by atoms with E-state index in [1.54, 1.807) is 0 Å². The molecule has 0 aromatic heterocycles. The molecule has 0 saturated carbocycles. The largest absolute Gasteiger partial charge is 0.507 e. The van der Waals surface area contributed by atoms with Crippen LogP contribution in [0.2, 0.25) is 0 Å². The average molecular weight is 208 g/mol. The second kappa shape index (κ2) is 4.28. The summed E-state index contributed by atoms with van der Waals surface area (Å²) in [7, 11) is 0. The molecular weight excluding hydrogens is 200 g/mol. The molecule has 1 aromatic rings. The summed E-state index contributed by atoms with van der Waals surface area (Å²) in [4.78, 5) is 20.8. The number of aromatic carboxylic acids is 1. The van der Waals surface area contributed by atoms with Crippen molar-refractivity contribution in [2.24, 2.45) is 0 Å². The number of phenolic OH excluding ortho intramolecular Hbond substituents is 1. The Kier molecular flexibility index (Phi) is 3.07. The first-order valence-electron chi connectivity index (χ1n) is 3.98. The maximum absolute atomic E-state index is 10.6. The zero-order valence-corrected chi connectivity index (χ0v) is 7.54. The van der Waals surface area contributed by atoms with Crippen LogP contribution in [0.3, 0.4) is 0 Å². The molecule has 0 radical (unpaired) electrons. The Morgan fingerprint density at radius 1 is 1.20 bits per heavy atom. The van der Waals surface area contributed by atoms with Crippen LogP contribution in [0.4, 0.5) is 0 Å². The Labute approximate surface area is 84.9 Å². The Morgan fingerprint density at radius 3 is 2.40 bits per heavy atom. The molecule has 0 spiro atoms. The van der Waals surface area contributed by atoms with E-state index in [1.165, 1.54) is 18.2 Å². The molecule has 0 aliphatic heterocycles. The number of rotatable bonds is 3. The zero-order valence-electron chi connectivity index (χ0n) is 7.54. The second-order valence-corrected chi connectivity index (χ2v) is 2.75. The van der Waals surface area contributed by atoms with Crippen LogP contribution in [-0.4, -0.2) is 27.3 Å². The van der Waals surface area contributed by atoms with Crippen LogP contribution in [0, 0.1) is 0 Å². The third-order valence-electron chi connectivity index (χ3n) is 1.68. The van der Waals surface area contributed by atoms with Crippen LogP contribution in [0.5, 0.6) is 5.75 Å². The lowest BCUT2D eigenvalue weighted by Crippen LogP contribution is -1.96. The SMILES string of the molecule is O=C(O)C=Cc1cc(C(=O)O)ccc1O. The van der Waals surface area contributed by atoms with Crippen molar-refractivity contribution in [3.63, 3.8) is 0 Å². The van der Waals surface area contributed by atoms with E-state index in [-0.39, 0.29) is 16.9 Å². The van der Waals surface area contributed by atoms with Crippen LogP contribution in [0.25, 0.3) is 6.08 Å². The Hall–Kier alpha value is -2.30. The van der Waals surface area contributed by atoms with Crippen molar-refractivity contribution < 1.29 is 24.9 Å². The molecule has 0 saturated heterocycles. The van der Waals surface area contributed by atoms with E-state index >= 15 is 0 Å². The number of hydrogen-bond donors (Lipinski definition) is 3. The molecule has 78 valence electrons. The molecule has 0 unspecified atom stereocenters. The predicted molar refractivity (Wildman–Crippen MR) is 51.7 cm³/mol. The van der Waals surface area contributed by atoms with Crippen molar-refractivity contribution in [1.82, 2.24) is 0 Å². The Morgan fingerprint density at radius 2 is 1.87 bits per heavy atom. The fraction of sp³-hybridized carbons (Fsp3) is 0. The summed E-state index contributed by atoms with van der Waals surface area (Å²) in [5, 5.41) is 26.3. The summed E-state index contributed by atoms with van der Waals surface area (Å²) in [5.41, 5.74) is 0.134. The van der Waals surface area contributed by atoms with Gasteiger partial charge in [0.15, 0.2) is 0 Å². The third kappa shape index (κ3) is 2.84. The number of carbonyl (C=O) groups is 2. The zero-order chi connectivity index (χ0) is 11.4. The molecule has 0 bridgehead atoms. The summed E-state index contributed by atoms with van der Waals surface area (Å²) in [6.07, 6.45) is 1.95. The number of hydrogen-bond acceptors (Lipinski definition) is 3. The van der Waals surface area contributed by atoms with Crippen molar-refractivity contribution in [2.45, 2.75) is 0 Å². The summed E-state index contributed by atoms with van der Waals surface area (Å²) in [6.45, 7) is 0. The summed E-state index contributed by atoms with van der Waals surface area (Å²) in [6, 6.07) is 3.62. The topological polar surface area (TPSA) is 94.8 Å². The van der Waals surface area contributed by atoms with E-state index < -0.39 is 11.9 Å². The number of carboxylic acids is 2. The van der Waals surface area contributed by atoms with Crippen molar-refractivity contribution in [3.8, 4) is 5.75 Å². The summed E-state index contributed by atoms with van der Waals surface area (Å²) in [5.74, 6) is -2.48. The minimum atomic E-state index is -1.17. The minimum absolute atomic E-state index is 0.0159. The molecule has 0 fully saturated rings. The van der Waals surface area contributed by atoms with Crippen molar-refractivity contribution >= 4 is 18.0 Å². The first kappa shape index (κ1) is 10.8. The number of aliphatic carboxylic acids is 1. The molecular formula is C10H8O5. The number of aromatic hydroxyl groups is 1. The molecule has 1 aromatic carbocycles. The molecule has 0 aliphatic carbocycles. The fourth-order valence-electron chi connectivity index (χ4n) is 0.982. The molecule has 15 heavy (non-hydrogen) atoms. The molecule has 5 heteroatoms. The highest BCUT2D eigenvalue weighted by atomic mass is 16.4. The lowest BCUT2D eigenvalue weighted by atomic mass is 10.1. The lowest BCUT2D eigenvalue weighted by Gasteiger charge is -2.00. The number of phenols is 1. The van der Waals surface area contributed by atoms with E-state index in [4.69, 9.17) is 10.2 Å². The molecule has 0 heterocycles. The normalized spacial score (nSPS) is 10.4. The van der Waals surface area contributed by atoms with Crippen LogP contribution >= 0.6 is 0 Å². The highest BCUT2D eigenvalue weighted by molar-refractivity contribution is 5.90. The number of benzene rings is 1. The highest BCUT2D eigenvalue weighted by Crippen LogP contribution is 2.19. The standard InChI is InChI=1S/C10H8O5/c11-8-3-1-7(10(14)15)5-6(8)2-4-9(12)13/h1-5,11H,(H,12,13)(H,14,15). The van der Waals surface area contributed by atoms with Gasteiger partial charge in [0.2, 0.25) is 0 Å². The maximum Gasteiger partial charge on any atom is 0.335 e. The van der Waals surface area contributed by atoms with Gasteiger partial charge in [-0.2, -0.15) is 0 Å². The smallest absolute Gasteiger partial charge is 0.335 e. The van der Waals surface area contributed by atoms with Crippen LogP contribution in [-0.2, 0) is 4.79 Å². The molecule has 1 rings (SSSR count). The maximum atomic E-state index is 10.6. The molecule has 0 atom stereocenters. The summed E-state index contributed by atoms with van der Waals surface area (Å²) >= 11 is 0. The van der Waals surface area contributed by atoms with Gasteiger partial charge in [-0.1, -0.05) is 0 Å². The Balaban J connectivity index is 3.11. The second-order valence-electron chi connectivity index (χ2n) is 2.75. The first-order valence-corrected chi connectivity index (χ1v) is 3.98. The van der Waals surface area contributed by atoms with Crippen LogP contribution in [0.1, 0.15) is 15.9 Å². The number of carboxylic acid groups (broad SMARTS) is 2. The first-order chi connectivity index (χ1) is 7.00. The van der Waals surface area contributed by atoms with Gasteiger partial charge in [0.05, 0.1) is 5.56 Å². The molecule has 5 nitrogen and oxygen atoms in total. The van der Waals surface area contributed by atoms with E-state index in [9.17, 15) is 14.7 Å². The van der Waals surface area contributed by atoms with Gasteiger partial charge in [0.25, 0.3) is 0 Å². The molecule has 0 aliphatic rings. The van der Waals surface area contributed by atoms with Gasteiger partial charge in [0, 0.05) is 11.6 Å². The Bertz CT molecular complexity index is 433. The lowest BCUT2D eigenvalue weighted by molar-refractivity contribution is -0.131. The van der Waals surface area contributed by atoms with Crippen LogP contribution in [0.15, 0.2) is 24.3 Å². The van der Waals surface area contributed by atoms with E-state index in [1.807, 2.05) is 0 Å². The predicted octanol–water partition coefficient (Wildman–Crippen LogP) is 1.19. The van der Waals surface area contributed by atoms with E-state index in [0.29, 0.717) is 0 Å². The van der Waals surface area contributed by atoms with Gasteiger partial charge >= 0.3 is 11.9 Å². The van der Waals surface area contributed by atoms with Crippen LogP contribution < -0.4 is 0 Å². The minimum Gasteiger partial charge on any atom is -0.507 e. The summed E-state index contributed by atoms with van der Waals surface area (Å²) < 4.78 is 0. The van der Waals surface area contributed by atoms with Crippen molar-refractivity contribution in [3.05, 3.63) is 35.4 Å². The van der Waals surface area contributed by atoms with E-state index in [2.05, 4.69) is 0 Å².